The second-order valence-corrected chi connectivity index (χ2v) is 3.23. The Balaban J connectivity index is 3.40. The van der Waals surface area contributed by atoms with E-state index in [9.17, 15) is 22.0 Å². The summed E-state index contributed by atoms with van der Waals surface area (Å²) in [5.41, 5.74) is -1.40. The molecule has 1 aromatic heterocycles. The van der Waals surface area contributed by atoms with E-state index in [-0.39, 0.29) is 11.4 Å². The van der Waals surface area contributed by atoms with Crippen molar-refractivity contribution in [1.82, 2.24) is 4.98 Å². The smallest absolute Gasteiger partial charge is 0.481 e. The molecule has 0 unspecified atom stereocenters. The number of aromatic nitrogens is 1. The first-order valence-electron chi connectivity index (χ1n) is 4.77. The molecule has 0 atom stereocenters. The maximum atomic E-state index is 12.8. The Morgan fingerprint density at radius 2 is 2.05 bits per heavy atom. The Hall–Kier alpha value is -2.11. The predicted octanol–water partition coefficient (Wildman–Crippen LogP) is 2.99. The van der Waals surface area contributed by atoms with Crippen LogP contribution in [0.2, 0.25) is 0 Å². The lowest BCUT2D eigenvalue weighted by atomic mass is 10.1. The van der Waals surface area contributed by atoms with E-state index < -0.39 is 30.7 Å². The van der Waals surface area contributed by atoms with E-state index in [1.165, 1.54) is 0 Å². The van der Waals surface area contributed by atoms with Crippen molar-refractivity contribution < 1.29 is 31.4 Å². The first-order valence-corrected chi connectivity index (χ1v) is 4.77. The quantitative estimate of drug-likeness (QED) is 0.797. The summed E-state index contributed by atoms with van der Waals surface area (Å²) in [6.07, 6.45) is -8.96. The lowest BCUT2D eigenvalue weighted by Crippen LogP contribution is -2.20. The highest BCUT2D eigenvalue weighted by molar-refractivity contribution is 5.41. The summed E-state index contributed by atoms with van der Waals surface area (Å²) in [7, 11) is 1.10. The van der Waals surface area contributed by atoms with Gasteiger partial charge in [-0.15, -0.1) is 13.2 Å². The van der Waals surface area contributed by atoms with Crippen LogP contribution in [0.25, 0.3) is 0 Å². The zero-order valence-electron chi connectivity index (χ0n) is 9.46. The zero-order chi connectivity index (χ0) is 14.6. The first kappa shape index (κ1) is 14.9. The van der Waals surface area contributed by atoms with Crippen LogP contribution in [0.3, 0.4) is 0 Å². The molecule has 104 valence electrons. The summed E-state index contributed by atoms with van der Waals surface area (Å²) in [6.45, 7) is 0. The maximum Gasteiger partial charge on any atom is 0.574 e. The molecule has 1 heterocycles. The van der Waals surface area contributed by atoms with Gasteiger partial charge in [0.15, 0.2) is 0 Å². The Labute approximate surface area is 104 Å². The van der Waals surface area contributed by atoms with E-state index in [2.05, 4.69) is 14.5 Å². The minimum Gasteiger partial charge on any atom is -0.481 e. The average Bonchev–Trinajstić information content (AvgIpc) is 2.26. The van der Waals surface area contributed by atoms with Crippen molar-refractivity contribution in [3.8, 4) is 17.8 Å². The molecule has 0 aliphatic carbocycles. The number of methoxy groups -OCH3 is 1. The molecule has 0 bridgehead atoms. The molecular formula is C10H7F5N2O2. The predicted molar refractivity (Wildman–Crippen MR) is 51.7 cm³/mol. The molecule has 9 heteroatoms. The number of ether oxygens (including phenoxy) is 2. The number of nitrogens with zero attached hydrogens (tertiary/aromatic N) is 2. The van der Waals surface area contributed by atoms with Gasteiger partial charge in [-0.1, -0.05) is 0 Å². The molecule has 1 aromatic rings. The van der Waals surface area contributed by atoms with E-state index in [4.69, 9.17) is 5.26 Å². The van der Waals surface area contributed by atoms with E-state index in [0.29, 0.717) is 0 Å². The van der Waals surface area contributed by atoms with Crippen LogP contribution in [0.5, 0.6) is 11.8 Å². The van der Waals surface area contributed by atoms with Gasteiger partial charge >= 0.3 is 6.36 Å². The van der Waals surface area contributed by atoms with Crippen molar-refractivity contribution in [2.24, 2.45) is 0 Å². The van der Waals surface area contributed by atoms with E-state index in [1.807, 2.05) is 0 Å². The van der Waals surface area contributed by atoms with Crippen LogP contribution in [0, 0.1) is 11.3 Å². The van der Waals surface area contributed by atoms with Crippen molar-refractivity contribution in [2.75, 3.05) is 7.11 Å². The fraction of sp³-hybridized carbons (Fsp3) is 0.400. The molecule has 0 aliphatic heterocycles. The number of nitriles is 1. The summed E-state index contributed by atoms with van der Waals surface area (Å²) >= 11 is 0. The van der Waals surface area contributed by atoms with Crippen LogP contribution >= 0.6 is 0 Å². The molecule has 19 heavy (non-hydrogen) atoms. The van der Waals surface area contributed by atoms with Gasteiger partial charge < -0.3 is 9.47 Å². The van der Waals surface area contributed by atoms with Gasteiger partial charge in [0, 0.05) is 6.07 Å². The summed E-state index contributed by atoms with van der Waals surface area (Å²) in [6, 6.07) is 2.53. The molecule has 0 amide bonds. The van der Waals surface area contributed by atoms with Crippen LogP contribution in [0.4, 0.5) is 22.0 Å². The van der Waals surface area contributed by atoms with E-state index in [0.717, 1.165) is 13.2 Å². The van der Waals surface area contributed by atoms with Gasteiger partial charge in [-0.3, -0.25) is 0 Å². The van der Waals surface area contributed by atoms with E-state index in [1.54, 1.807) is 6.07 Å². The largest absolute Gasteiger partial charge is 0.574 e. The normalized spacial score (nSPS) is 11.3. The third-order valence-corrected chi connectivity index (χ3v) is 2.00. The fourth-order valence-corrected chi connectivity index (χ4v) is 1.31. The molecule has 0 fully saturated rings. The van der Waals surface area contributed by atoms with Gasteiger partial charge in [0.05, 0.1) is 25.2 Å². The third-order valence-electron chi connectivity index (χ3n) is 2.00. The molecular weight excluding hydrogens is 275 g/mol. The molecule has 0 saturated heterocycles. The number of hydrogen-bond donors (Lipinski definition) is 0. The lowest BCUT2D eigenvalue weighted by molar-refractivity contribution is -0.276. The minimum atomic E-state index is -5.17. The Morgan fingerprint density at radius 3 is 2.47 bits per heavy atom. The summed E-state index contributed by atoms with van der Waals surface area (Å²) < 4.78 is 70.0. The molecule has 0 radical (unpaired) electrons. The number of pyridine rings is 1. The molecule has 0 spiro atoms. The van der Waals surface area contributed by atoms with Crippen LogP contribution in [0.15, 0.2) is 6.07 Å². The van der Waals surface area contributed by atoms with Crippen molar-refractivity contribution in [3.05, 3.63) is 17.2 Å². The van der Waals surface area contributed by atoms with Gasteiger partial charge in [-0.25, -0.2) is 8.78 Å². The van der Waals surface area contributed by atoms with Crippen LogP contribution in [0.1, 0.15) is 17.6 Å². The van der Waals surface area contributed by atoms with Gasteiger partial charge in [0.1, 0.15) is 0 Å². The van der Waals surface area contributed by atoms with Crippen LogP contribution in [-0.2, 0) is 6.42 Å². The van der Waals surface area contributed by atoms with Crippen LogP contribution < -0.4 is 9.47 Å². The van der Waals surface area contributed by atoms with Gasteiger partial charge in [-0.05, 0) is 5.56 Å². The van der Waals surface area contributed by atoms with Gasteiger partial charge in [-0.2, -0.15) is 10.2 Å². The van der Waals surface area contributed by atoms with Crippen molar-refractivity contribution >= 4 is 0 Å². The first-order chi connectivity index (χ1) is 8.78. The average molecular weight is 282 g/mol. The van der Waals surface area contributed by atoms with Crippen LogP contribution in [-0.4, -0.2) is 18.5 Å². The molecule has 0 aromatic carbocycles. The maximum absolute atomic E-state index is 12.8. The molecule has 0 saturated carbocycles. The SMILES string of the molecule is COc1cc(CC#N)c(C(F)F)c(OC(F)(F)F)n1. The highest BCUT2D eigenvalue weighted by Crippen LogP contribution is 2.36. The Kier molecular flexibility index (Phi) is 4.47. The van der Waals surface area contributed by atoms with Crippen molar-refractivity contribution in [1.29, 1.82) is 5.26 Å². The highest BCUT2D eigenvalue weighted by Gasteiger charge is 2.35. The summed E-state index contributed by atoms with van der Waals surface area (Å²) in [4.78, 5) is 3.19. The number of hydrogen-bond acceptors (Lipinski definition) is 4. The molecule has 4 nitrogen and oxygen atoms in total. The van der Waals surface area contributed by atoms with Gasteiger partial charge in [0.2, 0.25) is 11.8 Å². The fourth-order valence-electron chi connectivity index (χ4n) is 1.31. The molecule has 0 N–H and O–H groups in total. The van der Waals surface area contributed by atoms with Crippen molar-refractivity contribution in [2.45, 2.75) is 19.2 Å². The lowest BCUT2D eigenvalue weighted by Gasteiger charge is -2.15. The van der Waals surface area contributed by atoms with E-state index >= 15 is 0 Å². The Bertz CT molecular complexity index is 496. The minimum absolute atomic E-state index is 0.330. The highest BCUT2D eigenvalue weighted by atomic mass is 19.4. The monoisotopic (exact) mass is 282 g/mol. The third kappa shape index (κ3) is 3.94. The number of halogens is 5. The Morgan fingerprint density at radius 1 is 1.42 bits per heavy atom. The number of rotatable bonds is 4. The van der Waals surface area contributed by atoms with Crippen molar-refractivity contribution in [3.63, 3.8) is 0 Å². The summed E-state index contributed by atoms with van der Waals surface area (Å²) in [5, 5.41) is 8.49. The molecule has 1 rings (SSSR count). The number of alkyl halides is 5. The zero-order valence-corrected chi connectivity index (χ0v) is 9.46. The molecule has 0 aliphatic rings. The second-order valence-electron chi connectivity index (χ2n) is 3.23. The summed E-state index contributed by atoms with van der Waals surface area (Å²) in [5.74, 6) is -1.67. The standard InChI is InChI=1S/C10H7F5N2O2/c1-18-6-4-5(2-3-16)7(8(11)12)9(17-6)19-10(13,14)15/h4,8H,2H2,1H3. The topological polar surface area (TPSA) is 55.1 Å². The van der Waals surface area contributed by atoms with Gasteiger partial charge in [0.25, 0.3) is 6.43 Å². The second kappa shape index (κ2) is 5.69.